The topological polar surface area (TPSA) is 54.3 Å². The predicted molar refractivity (Wildman–Crippen MR) is 129 cm³/mol. The summed E-state index contributed by atoms with van der Waals surface area (Å²) in [4.78, 5) is 16.6. The molecule has 0 saturated carbocycles. The molecule has 174 valence electrons. The second-order valence-electron chi connectivity index (χ2n) is 8.19. The van der Waals surface area contributed by atoms with E-state index in [0.717, 1.165) is 31.0 Å². The molecule has 0 bridgehead atoms. The van der Waals surface area contributed by atoms with Gasteiger partial charge in [-0.3, -0.25) is 9.69 Å². The van der Waals surface area contributed by atoms with Gasteiger partial charge in [0.05, 0.1) is 18.8 Å². The molecule has 0 N–H and O–H groups in total. The highest BCUT2D eigenvalue weighted by atomic mass is 35.5. The minimum Gasteiger partial charge on any atom is -0.341 e. The Morgan fingerprint density at radius 3 is 2.58 bits per heavy atom. The first-order chi connectivity index (χ1) is 16.0. The molecule has 2 aromatic carbocycles. The number of halogens is 2. The molecule has 33 heavy (non-hydrogen) atoms. The van der Waals surface area contributed by atoms with Gasteiger partial charge in [0.25, 0.3) is 0 Å². The minimum atomic E-state index is -0.413. The van der Waals surface area contributed by atoms with Gasteiger partial charge in [0.15, 0.2) is 5.16 Å². The number of rotatable bonds is 9. The van der Waals surface area contributed by atoms with E-state index >= 15 is 0 Å². The summed E-state index contributed by atoms with van der Waals surface area (Å²) in [6.45, 7) is 3.65. The largest absolute Gasteiger partial charge is 0.341 e. The molecule has 1 aromatic heterocycles. The van der Waals surface area contributed by atoms with Crippen molar-refractivity contribution in [1.29, 1.82) is 0 Å². The Bertz CT molecular complexity index is 1070. The Labute approximate surface area is 202 Å². The van der Waals surface area contributed by atoms with Crippen LogP contribution in [0.3, 0.4) is 0 Å². The fourth-order valence-electron chi connectivity index (χ4n) is 3.85. The molecule has 0 radical (unpaired) electrons. The van der Waals surface area contributed by atoms with Gasteiger partial charge in [0, 0.05) is 24.2 Å². The van der Waals surface area contributed by atoms with Gasteiger partial charge in [-0.25, -0.2) is 4.39 Å². The van der Waals surface area contributed by atoms with Crippen molar-refractivity contribution < 1.29 is 9.18 Å². The number of aromatic nitrogens is 3. The summed E-state index contributed by atoms with van der Waals surface area (Å²) >= 11 is 7.47. The third-order valence-corrected chi connectivity index (χ3v) is 7.05. The molecule has 9 heteroatoms. The normalized spacial score (nSPS) is 14.0. The van der Waals surface area contributed by atoms with Crippen LogP contribution in [0, 0.1) is 5.82 Å². The predicted octanol–water partition coefficient (Wildman–Crippen LogP) is 4.47. The van der Waals surface area contributed by atoms with E-state index in [1.54, 1.807) is 19.2 Å². The van der Waals surface area contributed by atoms with Gasteiger partial charge in [0.2, 0.25) is 5.91 Å². The number of carbonyl (C=O) groups is 1. The molecule has 1 aliphatic rings. The number of likely N-dealkylation sites (tertiary alicyclic amines) is 1. The highest BCUT2D eigenvalue weighted by molar-refractivity contribution is 7.99. The average molecular weight is 488 g/mol. The van der Waals surface area contributed by atoms with Crippen LogP contribution in [0.15, 0.2) is 53.7 Å². The molecular weight excluding hydrogens is 461 g/mol. The maximum absolute atomic E-state index is 14.1. The van der Waals surface area contributed by atoms with E-state index in [2.05, 4.69) is 31.8 Å². The lowest BCUT2D eigenvalue weighted by molar-refractivity contribution is -0.127. The van der Waals surface area contributed by atoms with Crippen LogP contribution < -0.4 is 0 Å². The van der Waals surface area contributed by atoms with Crippen molar-refractivity contribution in [3.8, 4) is 0 Å². The standard InChI is InChI=1S/C24H27ClFN5OS/c1-29(15-19-20(25)10-7-11-21(19)26)23(32)17-33-24-28-27-22(16-30-12-5-6-13-30)31(24)14-18-8-3-2-4-9-18/h2-4,7-11H,5-6,12-17H2,1H3. The molecule has 0 spiro atoms. The number of nitrogens with zero attached hydrogens (tertiary/aromatic N) is 5. The second-order valence-corrected chi connectivity index (χ2v) is 9.54. The first kappa shape index (κ1) is 23.7. The van der Waals surface area contributed by atoms with Gasteiger partial charge in [0.1, 0.15) is 11.6 Å². The van der Waals surface area contributed by atoms with Gasteiger partial charge in [-0.1, -0.05) is 59.8 Å². The number of hydrogen-bond donors (Lipinski definition) is 0. The lowest BCUT2D eigenvalue weighted by Gasteiger charge is -2.19. The minimum absolute atomic E-state index is 0.113. The molecule has 4 rings (SSSR count). The SMILES string of the molecule is CN(Cc1c(F)cccc1Cl)C(=O)CSc1nnc(CN2CCCC2)n1Cc1ccccc1. The molecule has 0 aliphatic carbocycles. The van der Waals surface area contributed by atoms with E-state index in [1.807, 2.05) is 18.2 Å². The Morgan fingerprint density at radius 2 is 1.85 bits per heavy atom. The number of carbonyl (C=O) groups excluding carboxylic acids is 1. The Kier molecular flexibility index (Phi) is 8.01. The highest BCUT2D eigenvalue weighted by Gasteiger charge is 2.20. The zero-order valence-corrected chi connectivity index (χ0v) is 20.2. The summed E-state index contributed by atoms with van der Waals surface area (Å²) in [7, 11) is 1.65. The summed E-state index contributed by atoms with van der Waals surface area (Å²) < 4.78 is 16.2. The van der Waals surface area contributed by atoms with Crippen molar-refractivity contribution in [3.05, 3.63) is 76.3 Å². The number of amides is 1. The number of hydrogen-bond acceptors (Lipinski definition) is 5. The smallest absolute Gasteiger partial charge is 0.233 e. The van der Waals surface area contributed by atoms with Gasteiger partial charge in [-0.05, 0) is 43.6 Å². The van der Waals surface area contributed by atoms with E-state index in [4.69, 9.17) is 11.6 Å². The summed E-state index contributed by atoms with van der Waals surface area (Å²) in [5, 5.41) is 9.87. The molecule has 3 aromatic rings. The molecule has 0 atom stereocenters. The first-order valence-corrected chi connectivity index (χ1v) is 12.4. The summed E-state index contributed by atoms with van der Waals surface area (Å²) in [6, 6.07) is 14.7. The monoisotopic (exact) mass is 487 g/mol. The zero-order chi connectivity index (χ0) is 23.2. The third-order valence-electron chi connectivity index (χ3n) is 5.75. The highest BCUT2D eigenvalue weighted by Crippen LogP contribution is 2.23. The van der Waals surface area contributed by atoms with Crippen LogP contribution >= 0.6 is 23.4 Å². The van der Waals surface area contributed by atoms with E-state index in [-0.39, 0.29) is 18.2 Å². The van der Waals surface area contributed by atoms with Gasteiger partial charge >= 0.3 is 0 Å². The van der Waals surface area contributed by atoms with Gasteiger partial charge in [-0.15, -0.1) is 10.2 Å². The van der Waals surface area contributed by atoms with Crippen LogP contribution in [0.4, 0.5) is 4.39 Å². The first-order valence-electron chi connectivity index (χ1n) is 11.0. The maximum Gasteiger partial charge on any atom is 0.233 e. The van der Waals surface area contributed by atoms with E-state index < -0.39 is 5.82 Å². The van der Waals surface area contributed by atoms with E-state index in [1.165, 1.54) is 35.6 Å². The van der Waals surface area contributed by atoms with E-state index in [0.29, 0.717) is 22.3 Å². The van der Waals surface area contributed by atoms with Crippen molar-refractivity contribution >= 4 is 29.3 Å². The molecule has 1 aliphatic heterocycles. The van der Waals surface area contributed by atoms with Crippen molar-refractivity contribution in [2.75, 3.05) is 25.9 Å². The molecule has 2 heterocycles. The fraction of sp³-hybridized carbons (Fsp3) is 0.375. The van der Waals surface area contributed by atoms with Crippen molar-refractivity contribution in [1.82, 2.24) is 24.6 Å². The van der Waals surface area contributed by atoms with Crippen LogP contribution in [0.25, 0.3) is 0 Å². The number of benzene rings is 2. The van der Waals surface area contributed by atoms with Gasteiger partial charge in [-0.2, -0.15) is 0 Å². The van der Waals surface area contributed by atoms with Crippen LogP contribution in [-0.4, -0.2) is 56.4 Å². The molecule has 1 fully saturated rings. The van der Waals surface area contributed by atoms with Gasteiger partial charge < -0.3 is 9.47 Å². The molecule has 1 saturated heterocycles. The van der Waals surface area contributed by atoms with E-state index in [9.17, 15) is 9.18 Å². The molecule has 0 unspecified atom stereocenters. The third kappa shape index (κ3) is 6.13. The second kappa shape index (κ2) is 11.1. The Hall–Kier alpha value is -2.42. The maximum atomic E-state index is 14.1. The van der Waals surface area contributed by atoms with Crippen LogP contribution in [-0.2, 0) is 24.4 Å². The van der Waals surface area contributed by atoms with Crippen molar-refractivity contribution in [2.45, 2.75) is 37.6 Å². The van der Waals surface area contributed by atoms with Crippen molar-refractivity contribution in [3.63, 3.8) is 0 Å². The Morgan fingerprint density at radius 1 is 1.09 bits per heavy atom. The Balaban J connectivity index is 1.45. The fourth-order valence-corrected chi connectivity index (χ4v) is 4.97. The quantitative estimate of drug-likeness (QED) is 0.417. The summed E-state index contributed by atoms with van der Waals surface area (Å²) in [5.74, 6) is 0.542. The number of thioether (sulfide) groups is 1. The lowest BCUT2D eigenvalue weighted by atomic mass is 10.2. The lowest BCUT2D eigenvalue weighted by Crippen LogP contribution is -2.28. The summed E-state index contributed by atoms with van der Waals surface area (Å²) in [6.07, 6.45) is 2.42. The summed E-state index contributed by atoms with van der Waals surface area (Å²) in [5.41, 5.74) is 1.47. The average Bonchev–Trinajstić information content (AvgIpc) is 3.46. The molecular formula is C24H27ClFN5OS. The molecule has 6 nitrogen and oxygen atoms in total. The van der Waals surface area contributed by atoms with Crippen LogP contribution in [0.1, 0.15) is 29.8 Å². The van der Waals surface area contributed by atoms with Crippen molar-refractivity contribution in [2.24, 2.45) is 0 Å². The zero-order valence-electron chi connectivity index (χ0n) is 18.6. The molecule has 1 amide bonds. The van der Waals surface area contributed by atoms with Crippen LogP contribution in [0.2, 0.25) is 5.02 Å². The van der Waals surface area contributed by atoms with Crippen LogP contribution in [0.5, 0.6) is 0 Å².